The van der Waals surface area contributed by atoms with E-state index in [-0.39, 0.29) is 0 Å². The molecule has 0 radical (unpaired) electrons. The van der Waals surface area contributed by atoms with Crippen LogP contribution >= 0.6 is 11.8 Å². The Labute approximate surface area is 173 Å². The maximum atomic E-state index is 5.14. The van der Waals surface area contributed by atoms with Gasteiger partial charge in [-0.05, 0) is 30.9 Å². The highest BCUT2D eigenvalue weighted by Gasteiger charge is 2.08. The Balaban J connectivity index is 0.000000295. The van der Waals surface area contributed by atoms with E-state index in [1.54, 1.807) is 24.9 Å². The molecule has 1 aromatic carbocycles. The van der Waals surface area contributed by atoms with E-state index in [0.29, 0.717) is 11.7 Å². The Morgan fingerprint density at radius 2 is 2.14 bits per heavy atom. The SMILES string of the molecule is C=C/C=C\SCC(=C)N(C)CC.CCCc1nc(-c2cccc(OC)c2)no1. The normalized spacial score (nSPS) is 10.3. The fraction of sp³-hybridized carbons (Fsp3) is 0.364. The van der Waals surface area contributed by atoms with Crippen molar-refractivity contribution in [2.24, 2.45) is 0 Å². The van der Waals surface area contributed by atoms with E-state index in [2.05, 4.69) is 49.1 Å². The molecule has 0 fully saturated rings. The van der Waals surface area contributed by atoms with Crippen LogP contribution in [-0.2, 0) is 6.42 Å². The Morgan fingerprint density at radius 3 is 2.79 bits per heavy atom. The molecule has 0 aliphatic carbocycles. The number of methoxy groups -OCH3 is 1. The lowest BCUT2D eigenvalue weighted by Gasteiger charge is -2.18. The molecule has 1 aromatic heterocycles. The molecule has 0 atom stereocenters. The van der Waals surface area contributed by atoms with Crippen molar-refractivity contribution in [2.45, 2.75) is 26.7 Å². The summed E-state index contributed by atoms with van der Waals surface area (Å²) in [6.45, 7) is 12.8. The molecule has 2 rings (SSSR count). The van der Waals surface area contributed by atoms with Crippen molar-refractivity contribution >= 4 is 11.8 Å². The zero-order valence-electron chi connectivity index (χ0n) is 17.4. The maximum absolute atomic E-state index is 5.14. The van der Waals surface area contributed by atoms with Crippen molar-refractivity contribution in [3.63, 3.8) is 0 Å². The van der Waals surface area contributed by atoms with Crippen molar-refractivity contribution < 1.29 is 9.26 Å². The van der Waals surface area contributed by atoms with Gasteiger partial charge in [0.15, 0.2) is 0 Å². The second kappa shape index (κ2) is 13.7. The topological polar surface area (TPSA) is 51.4 Å². The van der Waals surface area contributed by atoms with Crippen molar-refractivity contribution in [2.75, 3.05) is 26.5 Å². The highest BCUT2D eigenvalue weighted by atomic mass is 32.2. The second-order valence-electron chi connectivity index (χ2n) is 5.95. The Kier molecular flexibility index (Phi) is 11.5. The van der Waals surface area contributed by atoms with Crippen molar-refractivity contribution in [1.29, 1.82) is 0 Å². The summed E-state index contributed by atoms with van der Waals surface area (Å²) in [5, 5.41) is 5.97. The lowest BCUT2D eigenvalue weighted by atomic mass is 10.2. The number of hydrogen-bond acceptors (Lipinski definition) is 6. The van der Waals surface area contributed by atoms with E-state index in [1.807, 2.05) is 35.7 Å². The van der Waals surface area contributed by atoms with Gasteiger partial charge < -0.3 is 14.2 Å². The number of aromatic nitrogens is 2. The highest BCUT2D eigenvalue weighted by molar-refractivity contribution is 8.02. The van der Waals surface area contributed by atoms with Crippen LogP contribution in [0.1, 0.15) is 26.2 Å². The van der Waals surface area contributed by atoms with Gasteiger partial charge in [-0.3, -0.25) is 0 Å². The van der Waals surface area contributed by atoms with Gasteiger partial charge in [0.25, 0.3) is 0 Å². The third kappa shape index (κ3) is 8.48. The van der Waals surface area contributed by atoms with E-state index in [4.69, 9.17) is 9.26 Å². The minimum Gasteiger partial charge on any atom is -0.497 e. The second-order valence-corrected chi connectivity index (χ2v) is 6.84. The molecule has 0 N–H and O–H groups in total. The smallest absolute Gasteiger partial charge is 0.226 e. The van der Waals surface area contributed by atoms with Crippen LogP contribution in [0.25, 0.3) is 11.4 Å². The van der Waals surface area contributed by atoms with E-state index in [1.165, 1.54) is 0 Å². The lowest BCUT2D eigenvalue weighted by molar-refractivity contribution is 0.378. The van der Waals surface area contributed by atoms with E-state index < -0.39 is 0 Å². The van der Waals surface area contributed by atoms with Crippen molar-refractivity contribution in [3.8, 4) is 17.1 Å². The fourth-order valence-corrected chi connectivity index (χ4v) is 2.77. The van der Waals surface area contributed by atoms with Crippen molar-refractivity contribution in [3.05, 3.63) is 66.6 Å². The number of aryl methyl sites for hydroxylation is 1. The molecular weight excluding hydrogens is 370 g/mol. The van der Waals surface area contributed by atoms with Crippen LogP contribution in [0.5, 0.6) is 5.75 Å². The third-order valence-corrected chi connectivity index (χ3v) is 4.68. The van der Waals surface area contributed by atoms with Gasteiger partial charge in [-0.15, -0.1) is 11.8 Å². The summed E-state index contributed by atoms with van der Waals surface area (Å²) in [7, 11) is 3.69. The summed E-state index contributed by atoms with van der Waals surface area (Å²) < 4.78 is 10.3. The summed E-state index contributed by atoms with van der Waals surface area (Å²) in [5.41, 5.74) is 2.07. The molecule has 5 nitrogen and oxygen atoms in total. The molecule has 0 saturated carbocycles. The molecule has 0 spiro atoms. The predicted molar refractivity (Wildman–Crippen MR) is 120 cm³/mol. The number of hydrogen-bond donors (Lipinski definition) is 0. The first-order valence-corrected chi connectivity index (χ1v) is 10.4. The fourth-order valence-electron chi connectivity index (χ4n) is 2.04. The van der Waals surface area contributed by atoms with Crippen LogP contribution in [0, 0.1) is 0 Å². The number of allylic oxidation sites excluding steroid dienone is 2. The number of benzene rings is 1. The predicted octanol–water partition coefficient (Wildman–Crippen LogP) is 5.58. The first-order chi connectivity index (χ1) is 13.5. The van der Waals surface area contributed by atoms with Gasteiger partial charge in [0.05, 0.1) is 7.11 Å². The van der Waals surface area contributed by atoms with E-state index in [0.717, 1.165) is 42.1 Å². The van der Waals surface area contributed by atoms with Gasteiger partial charge in [0.2, 0.25) is 11.7 Å². The molecule has 152 valence electrons. The van der Waals surface area contributed by atoms with Crippen LogP contribution in [-0.4, -0.2) is 41.5 Å². The van der Waals surface area contributed by atoms with Gasteiger partial charge in [-0.2, -0.15) is 4.98 Å². The molecule has 1 heterocycles. The molecular formula is C22H31N3O2S. The number of ether oxygens (including phenoxy) is 1. The van der Waals surface area contributed by atoms with Crippen LogP contribution < -0.4 is 4.74 Å². The third-order valence-electron chi connectivity index (χ3n) is 3.83. The first-order valence-electron chi connectivity index (χ1n) is 9.30. The summed E-state index contributed by atoms with van der Waals surface area (Å²) >= 11 is 1.74. The minimum atomic E-state index is 0.613. The minimum absolute atomic E-state index is 0.613. The first kappa shape index (κ1) is 23.6. The highest BCUT2D eigenvalue weighted by Crippen LogP contribution is 2.21. The van der Waals surface area contributed by atoms with E-state index >= 15 is 0 Å². The summed E-state index contributed by atoms with van der Waals surface area (Å²) in [4.78, 5) is 6.46. The van der Waals surface area contributed by atoms with E-state index in [9.17, 15) is 0 Å². The molecule has 28 heavy (non-hydrogen) atoms. The van der Waals surface area contributed by atoms with Gasteiger partial charge in [0.1, 0.15) is 5.75 Å². The van der Waals surface area contributed by atoms with Crippen molar-refractivity contribution in [1.82, 2.24) is 15.0 Å². The van der Waals surface area contributed by atoms with Gasteiger partial charge >= 0.3 is 0 Å². The molecule has 6 heteroatoms. The summed E-state index contributed by atoms with van der Waals surface area (Å²) in [6, 6.07) is 7.62. The Bertz CT molecular complexity index is 756. The quantitative estimate of drug-likeness (QED) is 0.484. The molecule has 0 saturated heterocycles. The standard InChI is InChI=1S/C12H14N2O2.C10H17NS/c1-3-5-11-13-12(14-16-11)9-6-4-7-10(8-9)15-2;1-5-7-8-12-9-10(3)11(4)6-2/h4,6-8H,3,5H2,1-2H3;5,7-8H,1,3,6,9H2,2,4H3/b;8-7-. The largest absolute Gasteiger partial charge is 0.497 e. The molecule has 0 aliphatic heterocycles. The zero-order chi connectivity index (χ0) is 20.8. The average Bonchev–Trinajstić information content (AvgIpc) is 3.20. The lowest BCUT2D eigenvalue weighted by Crippen LogP contribution is -2.17. The Morgan fingerprint density at radius 1 is 1.36 bits per heavy atom. The van der Waals surface area contributed by atoms with Crippen LogP contribution in [0.2, 0.25) is 0 Å². The van der Waals surface area contributed by atoms with Crippen LogP contribution in [0.4, 0.5) is 0 Å². The molecule has 0 amide bonds. The monoisotopic (exact) mass is 401 g/mol. The molecule has 0 aliphatic rings. The van der Waals surface area contributed by atoms with Crippen LogP contribution in [0.3, 0.4) is 0 Å². The zero-order valence-corrected chi connectivity index (χ0v) is 18.2. The Hall–Kier alpha value is -2.47. The summed E-state index contributed by atoms with van der Waals surface area (Å²) in [6.07, 6.45) is 5.53. The van der Waals surface area contributed by atoms with Gasteiger partial charge in [0, 0.05) is 37.0 Å². The molecule has 2 aromatic rings. The number of rotatable bonds is 10. The number of thioether (sulfide) groups is 1. The van der Waals surface area contributed by atoms with Gasteiger partial charge in [-0.1, -0.05) is 49.5 Å². The number of nitrogens with zero attached hydrogens (tertiary/aromatic N) is 3. The van der Waals surface area contributed by atoms with Crippen LogP contribution in [0.15, 0.2) is 65.2 Å². The average molecular weight is 402 g/mol. The summed E-state index contributed by atoms with van der Waals surface area (Å²) in [5.74, 6) is 3.04. The maximum Gasteiger partial charge on any atom is 0.226 e. The molecule has 0 unspecified atom stereocenters. The van der Waals surface area contributed by atoms with Gasteiger partial charge in [-0.25, -0.2) is 0 Å². The molecule has 0 bridgehead atoms.